The van der Waals surface area contributed by atoms with E-state index < -0.39 is 17.4 Å². The van der Waals surface area contributed by atoms with Crippen LogP contribution in [-0.2, 0) is 9.59 Å². The number of aliphatic carboxylic acids is 1. The molecule has 18 heavy (non-hydrogen) atoms. The number of hydrogen-bond acceptors (Lipinski definition) is 3. The van der Waals surface area contributed by atoms with E-state index in [-0.39, 0.29) is 11.7 Å². The van der Waals surface area contributed by atoms with E-state index in [1.807, 2.05) is 0 Å². The normalized spacial score (nSPS) is 12.8. The van der Waals surface area contributed by atoms with Gasteiger partial charge in [-0.1, -0.05) is 32.9 Å². The van der Waals surface area contributed by atoms with Crippen molar-refractivity contribution in [1.82, 2.24) is 5.32 Å². The number of phenolic OH excluding ortho intramolecular Hbond substituents is 1. The molecule has 0 aliphatic carbocycles. The number of carboxylic acid groups (broad SMARTS) is 1. The van der Waals surface area contributed by atoms with Gasteiger partial charge in [0.2, 0.25) is 5.91 Å². The van der Waals surface area contributed by atoms with E-state index >= 15 is 0 Å². The van der Waals surface area contributed by atoms with Crippen molar-refractivity contribution >= 4 is 11.9 Å². The topological polar surface area (TPSA) is 86.6 Å². The van der Waals surface area contributed by atoms with Crippen LogP contribution >= 0.6 is 0 Å². The number of carbonyl (C=O) groups excluding carboxylic acids is 1. The van der Waals surface area contributed by atoms with E-state index in [0.717, 1.165) is 0 Å². The summed E-state index contributed by atoms with van der Waals surface area (Å²) in [6.07, 6.45) is 0. The lowest BCUT2D eigenvalue weighted by Crippen LogP contribution is -2.40. The van der Waals surface area contributed by atoms with Gasteiger partial charge in [0.15, 0.2) is 6.04 Å². The van der Waals surface area contributed by atoms with Crippen molar-refractivity contribution in [1.29, 1.82) is 0 Å². The smallest absolute Gasteiger partial charge is 0.330 e. The number of benzene rings is 1. The summed E-state index contributed by atoms with van der Waals surface area (Å²) < 4.78 is 0. The molecule has 0 heterocycles. The first-order valence-corrected chi connectivity index (χ1v) is 5.54. The van der Waals surface area contributed by atoms with Crippen LogP contribution in [0.5, 0.6) is 5.75 Å². The van der Waals surface area contributed by atoms with Crippen LogP contribution in [0.25, 0.3) is 0 Å². The molecule has 1 atom stereocenters. The zero-order valence-electron chi connectivity index (χ0n) is 10.6. The Balaban J connectivity index is 2.94. The van der Waals surface area contributed by atoms with Crippen LogP contribution in [0.3, 0.4) is 0 Å². The van der Waals surface area contributed by atoms with Gasteiger partial charge in [-0.2, -0.15) is 0 Å². The third-order valence-electron chi connectivity index (χ3n) is 2.43. The summed E-state index contributed by atoms with van der Waals surface area (Å²) in [6, 6.07) is 4.59. The van der Waals surface area contributed by atoms with Gasteiger partial charge >= 0.3 is 5.97 Å². The molecule has 0 saturated carbocycles. The molecule has 0 saturated heterocycles. The van der Waals surface area contributed by atoms with Gasteiger partial charge < -0.3 is 15.5 Å². The Labute approximate surface area is 105 Å². The van der Waals surface area contributed by atoms with Crippen LogP contribution in [0.15, 0.2) is 24.3 Å². The largest absolute Gasteiger partial charge is 0.508 e. The fourth-order valence-electron chi connectivity index (χ4n) is 1.30. The van der Waals surface area contributed by atoms with Crippen molar-refractivity contribution in [3.05, 3.63) is 29.8 Å². The summed E-state index contributed by atoms with van der Waals surface area (Å²) >= 11 is 0. The van der Waals surface area contributed by atoms with E-state index in [0.29, 0.717) is 5.56 Å². The number of phenols is 1. The quantitative estimate of drug-likeness (QED) is 0.762. The second-order valence-electron chi connectivity index (χ2n) is 5.09. The van der Waals surface area contributed by atoms with Gasteiger partial charge in [-0.15, -0.1) is 0 Å². The zero-order chi connectivity index (χ0) is 13.9. The number of aromatic hydroxyl groups is 1. The summed E-state index contributed by atoms with van der Waals surface area (Å²) in [5, 5.41) is 20.8. The lowest BCUT2D eigenvalue weighted by molar-refractivity contribution is -0.143. The van der Waals surface area contributed by atoms with Crippen molar-refractivity contribution in [3.8, 4) is 5.75 Å². The van der Waals surface area contributed by atoms with Crippen LogP contribution < -0.4 is 5.32 Å². The van der Waals surface area contributed by atoms with Gasteiger partial charge in [-0.05, 0) is 17.7 Å². The minimum atomic E-state index is -1.14. The lowest BCUT2D eigenvalue weighted by Gasteiger charge is -2.22. The number of hydrogen-bond donors (Lipinski definition) is 3. The van der Waals surface area contributed by atoms with Gasteiger partial charge in [0.1, 0.15) is 5.75 Å². The molecule has 0 aliphatic heterocycles. The molecule has 5 nitrogen and oxygen atoms in total. The highest BCUT2D eigenvalue weighted by molar-refractivity contribution is 5.87. The molecule has 1 amide bonds. The minimum Gasteiger partial charge on any atom is -0.508 e. The second kappa shape index (κ2) is 5.08. The molecule has 0 aliphatic rings. The highest BCUT2D eigenvalue weighted by atomic mass is 16.4. The van der Waals surface area contributed by atoms with Crippen molar-refractivity contribution in [2.45, 2.75) is 26.8 Å². The predicted molar refractivity (Wildman–Crippen MR) is 66.1 cm³/mol. The summed E-state index contributed by atoms with van der Waals surface area (Å²) in [6.45, 7) is 5.12. The SMILES string of the molecule is CC(C)(C)C(=O)N[C@@H](C(=O)O)c1ccc(O)cc1. The minimum absolute atomic E-state index is 0.0463. The molecule has 5 heteroatoms. The van der Waals surface area contributed by atoms with Gasteiger partial charge in [0.25, 0.3) is 0 Å². The standard InChI is InChI=1S/C13H17NO4/c1-13(2,3)12(18)14-10(11(16)17)8-4-6-9(15)7-5-8/h4-7,10,15H,1-3H3,(H,14,18)(H,16,17)/t10-/m1/s1. The first-order chi connectivity index (χ1) is 8.21. The summed E-state index contributed by atoms with van der Waals surface area (Å²) in [5.74, 6) is -1.44. The molecule has 0 radical (unpaired) electrons. The molecule has 0 unspecified atom stereocenters. The number of carboxylic acids is 1. The molecule has 0 fully saturated rings. The molecule has 3 N–H and O–H groups in total. The highest BCUT2D eigenvalue weighted by Gasteiger charge is 2.28. The number of nitrogens with one attached hydrogen (secondary N) is 1. The third kappa shape index (κ3) is 3.48. The Morgan fingerprint density at radius 3 is 2.06 bits per heavy atom. The Bertz CT molecular complexity index is 445. The molecule has 1 aromatic rings. The Kier molecular flexibility index (Phi) is 3.96. The Hall–Kier alpha value is -2.04. The first kappa shape index (κ1) is 14.0. The molecule has 0 spiro atoms. The molecule has 1 rings (SSSR count). The van der Waals surface area contributed by atoms with Crippen molar-refractivity contribution < 1.29 is 19.8 Å². The fourth-order valence-corrected chi connectivity index (χ4v) is 1.30. The maximum atomic E-state index is 11.8. The van der Waals surface area contributed by atoms with E-state index in [1.165, 1.54) is 24.3 Å². The summed E-state index contributed by atoms with van der Waals surface area (Å²) in [5.41, 5.74) is -0.247. The lowest BCUT2D eigenvalue weighted by atomic mass is 9.94. The number of rotatable bonds is 3. The predicted octanol–water partition coefficient (Wildman–Crippen LogP) is 1.68. The first-order valence-electron chi connectivity index (χ1n) is 5.54. The van der Waals surface area contributed by atoms with Gasteiger partial charge in [-0.3, -0.25) is 4.79 Å². The van der Waals surface area contributed by atoms with E-state index in [2.05, 4.69) is 5.32 Å². The van der Waals surface area contributed by atoms with Crippen LogP contribution in [0, 0.1) is 5.41 Å². The third-order valence-corrected chi connectivity index (χ3v) is 2.43. The average molecular weight is 251 g/mol. The van der Waals surface area contributed by atoms with Gasteiger partial charge in [0, 0.05) is 5.41 Å². The van der Waals surface area contributed by atoms with Crippen LogP contribution in [0.1, 0.15) is 32.4 Å². The monoisotopic (exact) mass is 251 g/mol. The van der Waals surface area contributed by atoms with Crippen LogP contribution in [0.2, 0.25) is 0 Å². The molecular weight excluding hydrogens is 234 g/mol. The number of amides is 1. The van der Waals surface area contributed by atoms with Crippen LogP contribution in [-0.4, -0.2) is 22.1 Å². The van der Waals surface area contributed by atoms with E-state index in [9.17, 15) is 9.59 Å². The van der Waals surface area contributed by atoms with Crippen molar-refractivity contribution in [2.75, 3.05) is 0 Å². The van der Waals surface area contributed by atoms with E-state index in [4.69, 9.17) is 10.2 Å². The maximum Gasteiger partial charge on any atom is 0.330 e. The molecule has 0 aromatic heterocycles. The summed E-state index contributed by atoms with van der Waals surface area (Å²) in [7, 11) is 0. The van der Waals surface area contributed by atoms with Crippen LogP contribution in [0.4, 0.5) is 0 Å². The maximum absolute atomic E-state index is 11.8. The van der Waals surface area contributed by atoms with Crippen molar-refractivity contribution in [3.63, 3.8) is 0 Å². The van der Waals surface area contributed by atoms with Gasteiger partial charge in [0.05, 0.1) is 0 Å². The van der Waals surface area contributed by atoms with E-state index in [1.54, 1.807) is 20.8 Å². The fraction of sp³-hybridized carbons (Fsp3) is 0.385. The van der Waals surface area contributed by atoms with Gasteiger partial charge in [-0.25, -0.2) is 4.79 Å². The Morgan fingerprint density at radius 1 is 1.17 bits per heavy atom. The van der Waals surface area contributed by atoms with Crippen molar-refractivity contribution in [2.24, 2.45) is 5.41 Å². The molecule has 98 valence electrons. The zero-order valence-corrected chi connectivity index (χ0v) is 10.6. The summed E-state index contributed by atoms with van der Waals surface area (Å²) in [4.78, 5) is 23.0. The second-order valence-corrected chi connectivity index (χ2v) is 5.09. The Morgan fingerprint density at radius 2 is 1.67 bits per heavy atom. The highest BCUT2D eigenvalue weighted by Crippen LogP contribution is 2.20. The number of carbonyl (C=O) groups is 2. The molecule has 1 aromatic carbocycles. The molecular formula is C13H17NO4. The average Bonchev–Trinajstić information content (AvgIpc) is 2.25. The molecule has 0 bridgehead atoms.